The van der Waals surface area contributed by atoms with E-state index >= 15 is 0 Å². The highest BCUT2D eigenvalue weighted by Crippen LogP contribution is 2.23. The zero-order valence-corrected chi connectivity index (χ0v) is 22.4. The number of carbonyl (C=O) groups excluding carboxylic acids is 2. The molecule has 0 aliphatic rings. The van der Waals surface area contributed by atoms with Crippen LogP contribution < -0.4 is 10.6 Å². The summed E-state index contributed by atoms with van der Waals surface area (Å²) in [4.78, 5) is 28.1. The molecule has 202 valence electrons. The van der Waals surface area contributed by atoms with E-state index in [4.69, 9.17) is 9.26 Å². The van der Waals surface area contributed by atoms with E-state index in [1.54, 1.807) is 19.1 Å². The second kappa shape index (κ2) is 13.9. The van der Waals surface area contributed by atoms with Crippen molar-refractivity contribution in [3.05, 3.63) is 90.0 Å². The van der Waals surface area contributed by atoms with Gasteiger partial charge < -0.3 is 19.9 Å². The average Bonchev–Trinajstić information content (AvgIpc) is 3.45. The fraction of sp³-hybridized carbons (Fsp3) is 0.290. The van der Waals surface area contributed by atoms with Gasteiger partial charge in [-0.15, -0.1) is 0 Å². The van der Waals surface area contributed by atoms with E-state index in [-0.39, 0.29) is 24.8 Å². The predicted octanol–water partition coefficient (Wildman–Crippen LogP) is 5.77. The summed E-state index contributed by atoms with van der Waals surface area (Å²) < 4.78 is 10.3. The first kappa shape index (κ1) is 27.6. The molecule has 0 saturated carbocycles. The van der Waals surface area contributed by atoms with Crippen LogP contribution in [0.25, 0.3) is 22.8 Å². The Kier molecular flexibility index (Phi) is 9.83. The van der Waals surface area contributed by atoms with Gasteiger partial charge in [-0.05, 0) is 67.6 Å². The van der Waals surface area contributed by atoms with Gasteiger partial charge in [-0.1, -0.05) is 54.5 Å². The Morgan fingerprint density at radius 3 is 2.38 bits per heavy atom. The number of amides is 1. The molecule has 0 spiro atoms. The van der Waals surface area contributed by atoms with E-state index in [0.29, 0.717) is 29.8 Å². The Hall–Kier alpha value is -4.46. The zero-order valence-electron chi connectivity index (χ0n) is 22.4. The number of nitrogens with zero attached hydrogens (tertiary/aromatic N) is 2. The highest BCUT2D eigenvalue weighted by molar-refractivity contribution is 5.94. The molecule has 4 aromatic rings. The number of hydrogen-bond donors (Lipinski definition) is 2. The molecule has 0 saturated heterocycles. The summed E-state index contributed by atoms with van der Waals surface area (Å²) in [6.45, 7) is 5.42. The second-order valence-electron chi connectivity index (χ2n) is 9.40. The van der Waals surface area contributed by atoms with Gasteiger partial charge >= 0.3 is 5.97 Å². The maximum Gasteiger partial charge on any atom is 0.307 e. The first-order chi connectivity index (χ1) is 19.0. The molecule has 1 heterocycles. The Labute approximate surface area is 228 Å². The number of rotatable bonds is 13. The molecule has 8 nitrogen and oxygen atoms in total. The number of hydrogen-bond acceptors (Lipinski definition) is 7. The van der Waals surface area contributed by atoms with Crippen molar-refractivity contribution in [3.63, 3.8) is 0 Å². The average molecular weight is 527 g/mol. The number of benzene rings is 3. The first-order valence-corrected chi connectivity index (χ1v) is 13.3. The molecule has 0 aliphatic carbocycles. The molecule has 1 atom stereocenters. The van der Waals surface area contributed by atoms with E-state index in [0.717, 1.165) is 36.2 Å². The van der Waals surface area contributed by atoms with Crippen molar-refractivity contribution < 1.29 is 18.8 Å². The molecule has 8 heteroatoms. The van der Waals surface area contributed by atoms with Gasteiger partial charge in [0.25, 0.3) is 11.8 Å². The van der Waals surface area contributed by atoms with Crippen molar-refractivity contribution in [3.8, 4) is 22.8 Å². The standard InChI is InChI=1S/C31H34N4O4/c1-3-38-28(36)18-20-33-30(37)25-13-15-27(16-14-25)32-19-17-22(2)21-23-9-11-24(12-10-23)29-34-31(39-35-29)26-7-5-4-6-8-26/h4-16,22,32H,3,17-21H2,1-2H3,(H,33,37). The Morgan fingerprint density at radius 1 is 0.923 bits per heavy atom. The van der Waals surface area contributed by atoms with Gasteiger partial charge in [-0.2, -0.15) is 4.98 Å². The molecule has 0 aliphatic heterocycles. The van der Waals surface area contributed by atoms with Crippen LogP contribution in [0.15, 0.2) is 83.4 Å². The lowest BCUT2D eigenvalue weighted by atomic mass is 9.97. The molecule has 2 N–H and O–H groups in total. The normalized spacial score (nSPS) is 11.5. The maximum atomic E-state index is 12.2. The number of carbonyl (C=O) groups is 2. The van der Waals surface area contributed by atoms with Crippen molar-refractivity contribution in [2.24, 2.45) is 5.92 Å². The van der Waals surface area contributed by atoms with E-state index in [9.17, 15) is 9.59 Å². The minimum absolute atomic E-state index is 0.163. The minimum Gasteiger partial charge on any atom is -0.466 e. The molecule has 1 unspecified atom stereocenters. The maximum absolute atomic E-state index is 12.2. The Bertz CT molecular complexity index is 1340. The summed E-state index contributed by atoms with van der Waals surface area (Å²) in [5.74, 6) is 1.06. The van der Waals surface area contributed by atoms with Crippen molar-refractivity contribution in [1.29, 1.82) is 0 Å². The van der Waals surface area contributed by atoms with Gasteiger partial charge in [0.15, 0.2) is 0 Å². The van der Waals surface area contributed by atoms with Crippen molar-refractivity contribution >= 4 is 17.6 Å². The van der Waals surface area contributed by atoms with Gasteiger partial charge in [0.1, 0.15) is 0 Å². The van der Waals surface area contributed by atoms with Gasteiger partial charge in [-0.3, -0.25) is 9.59 Å². The van der Waals surface area contributed by atoms with Crippen LogP contribution in [0, 0.1) is 5.92 Å². The third-order valence-electron chi connectivity index (χ3n) is 6.28. The largest absolute Gasteiger partial charge is 0.466 e. The van der Waals surface area contributed by atoms with Gasteiger partial charge in [0.2, 0.25) is 5.82 Å². The van der Waals surface area contributed by atoms with E-state index in [1.807, 2.05) is 54.6 Å². The molecule has 0 fully saturated rings. The summed E-state index contributed by atoms with van der Waals surface area (Å²) in [6.07, 6.45) is 2.13. The van der Waals surface area contributed by atoms with E-state index in [1.165, 1.54) is 5.56 Å². The zero-order chi connectivity index (χ0) is 27.5. The third kappa shape index (κ3) is 8.26. The molecule has 1 amide bonds. The van der Waals surface area contributed by atoms with Gasteiger partial charge in [-0.25, -0.2) is 0 Å². The number of anilines is 1. The lowest BCUT2D eigenvalue weighted by Crippen LogP contribution is -2.26. The molecular weight excluding hydrogens is 492 g/mol. The summed E-state index contributed by atoms with van der Waals surface area (Å²) in [7, 11) is 0. The van der Waals surface area contributed by atoms with Crippen molar-refractivity contribution in [2.45, 2.75) is 33.1 Å². The van der Waals surface area contributed by atoms with E-state index < -0.39 is 0 Å². The van der Waals surface area contributed by atoms with Crippen LogP contribution in [0.4, 0.5) is 5.69 Å². The summed E-state index contributed by atoms with van der Waals surface area (Å²) in [5.41, 5.74) is 4.61. The van der Waals surface area contributed by atoms with Crippen LogP contribution in [0.1, 0.15) is 42.6 Å². The lowest BCUT2D eigenvalue weighted by molar-refractivity contribution is -0.142. The Morgan fingerprint density at radius 2 is 1.67 bits per heavy atom. The number of aromatic nitrogens is 2. The summed E-state index contributed by atoms with van der Waals surface area (Å²) in [6, 6.07) is 25.4. The quantitative estimate of drug-likeness (QED) is 0.213. The molecule has 0 bridgehead atoms. The fourth-order valence-electron chi connectivity index (χ4n) is 4.15. The number of nitrogens with one attached hydrogen (secondary N) is 2. The van der Waals surface area contributed by atoms with Crippen LogP contribution in [0.3, 0.4) is 0 Å². The smallest absolute Gasteiger partial charge is 0.307 e. The number of ether oxygens (including phenoxy) is 1. The molecule has 1 aromatic heterocycles. The molecule has 4 rings (SSSR count). The SMILES string of the molecule is CCOC(=O)CCNC(=O)c1ccc(NCCC(C)Cc2ccc(-c3noc(-c4ccccc4)n3)cc2)cc1. The molecule has 39 heavy (non-hydrogen) atoms. The minimum atomic E-state index is -0.315. The highest BCUT2D eigenvalue weighted by atomic mass is 16.5. The molecule has 0 radical (unpaired) electrons. The Balaban J connectivity index is 1.18. The van der Waals surface area contributed by atoms with Crippen molar-refractivity contribution in [2.75, 3.05) is 25.0 Å². The third-order valence-corrected chi connectivity index (χ3v) is 6.28. The van der Waals surface area contributed by atoms with Crippen LogP contribution in [-0.2, 0) is 16.0 Å². The first-order valence-electron chi connectivity index (χ1n) is 13.3. The molecule has 3 aromatic carbocycles. The van der Waals surface area contributed by atoms with Crippen molar-refractivity contribution in [1.82, 2.24) is 15.5 Å². The second-order valence-corrected chi connectivity index (χ2v) is 9.40. The monoisotopic (exact) mass is 526 g/mol. The summed E-state index contributed by atoms with van der Waals surface area (Å²) in [5, 5.41) is 10.3. The van der Waals surface area contributed by atoms with Crippen LogP contribution in [0.2, 0.25) is 0 Å². The van der Waals surface area contributed by atoms with Crippen LogP contribution in [0.5, 0.6) is 0 Å². The predicted molar refractivity (Wildman–Crippen MR) is 151 cm³/mol. The summed E-state index contributed by atoms with van der Waals surface area (Å²) >= 11 is 0. The van der Waals surface area contributed by atoms with E-state index in [2.05, 4.69) is 39.8 Å². The topological polar surface area (TPSA) is 106 Å². The van der Waals surface area contributed by atoms with Crippen LogP contribution >= 0.6 is 0 Å². The van der Waals surface area contributed by atoms with Gasteiger partial charge in [0, 0.05) is 35.5 Å². The van der Waals surface area contributed by atoms with Crippen LogP contribution in [-0.4, -0.2) is 41.7 Å². The highest BCUT2D eigenvalue weighted by Gasteiger charge is 2.11. The fourth-order valence-corrected chi connectivity index (χ4v) is 4.15. The number of esters is 1. The molecular formula is C31H34N4O4. The van der Waals surface area contributed by atoms with Gasteiger partial charge in [0.05, 0.1) is 13.0 Å². The lowest BCUT2D eigenvalue weighted by Gasteiger charge is -2.13.